The largest absolute Gasteiger partial charge is 0.492 e. The van der Waals surface area contributed by atoms with E-state index in [0.29, 0.717) is 13.2 Å². The Hall–Kier alpha value is -1.83. The second-order valence-electron chi connectivity index (χ2n) is 8.23. The zero-order chi connectivity index (χ0) is 22.3. The summed E-state index contributed by atoms with van der Waals surface area (Å²) < 4.78 is 16.5. The van der Waals surface area contributed by atoms with Gasteiger partial charge in [0.1, 0.15) is 12.4 Å². The maximum Gasteiger partial charge on any atom is 0.193 e. The predicted molar refractivity (Wildman–Crippen MR) is 127 cm³/mol. The van der Waals surface area contributed by atoms with Crippen molar-refractivity contribution < 1.29 is 14.2 Å². The third-order valence-corrected chi connectivity index (χ3v) is 5.64. The van der Waals surface area contributed by atoms with Gasteiger partial charge in [0.2, 0.25) is 0 Å². The second-order valence-corrected chi connectivity index (χ2v) is 8.23. The zero-order valence-electron chi connectivity index (χ0n) is 19.9. The van der Waals surface area contributed by atoms with Crippen LogP contribution in [0.2, 0.25) is 0 Å². The Labute approximate surface area is 188 Å². The minimum Gasteiger partial charge on any atom is -0.492 e. The molecule has 0 saturated carbocycles. The van der Waals surface area contributed by atoms with Gasteiger partial charge in [0.25, 0.3) is 0 Å². The molecule has 1 aliphatic heterocycles. The average molecular weight is 435 g/mol. The van der Waals surface area contributed by atoms with E-state index < -0.39 is 0 Å². The summed E-state index contributed by atoms with van der Waals surface area (Å²) in [5, 5.41) is 3.42. The van der Waals surface area contributed by atoms with E-state index in [1.807, 2.05) is 12.1 Å². The monoisotopic (exact) mass is 434 g/mol. The van der Waals surface area contributed by atoms with E-state index in [0.717, 1.165) is 69.2 Å². The fraction of sp³-hybridized carbons (Fsp3) is 0.708. The SMILES string of the molecule is CCNC(=NCc1cccc(OCCN(C)CCOC)c1)N(C)CCC1CCOCC1. The van der Waals surface area contributed by atoms with Crippen molar-refractivity contribution in [1.82, 2.24) is 15.1 Å². The van der Waals surface area contributed by atoms with E-state index >= 15 is 0 Å². The molecule has 0 aromatic heterocycles. The van der Waals surface area contributed by atoms with Gasteiger partial charge >= 0.3 is 0 Å². The lowest BCUT2D eigenvalue weighted by Gasteiger charge is -2.26. The molecule has 1 N–H and O–H groups in total. The molecule has 7 nitrogen and oxygen atoms in total. The number of nitrogens with one attached hydrogen (secondary N) is 1. The molecule has 0 bridgehead atoms. The zero-order valence-corrected chi connectivity index (χ0v) is 19.9. The molecule has 31 heavy (non-hydrogen) atoms. The van der Waals surface area contributed by atoms with E-state index in [-0.39, 0.29) is 0 Å². The lowest BCUT2D eigenvalue weighted by atomic mass is 9.96. The van der Waals surface area contributed by atoms with Crippen LogP contribution in [0, 0.1) is 5.92 Å². The molecule has 0 spiro atoms. The Balaban J connectivity index is 1.83. The average Bonchev–Trinajstić information content (AvgIpc) is 2.80. The predicted octanol–water partition coefficient (Wildman–Crippen LogP) is 2.86. The first-order chi connectivity index (χ1) is 15.1. The number of nitrogens with zero attached hydrogens (tertiary/aromatic N) is 3. The number of aliphatic imine (C=N–C) groups is 1. The highest BCUT2D eigenvalue weighted by molar-refractivity contribution is 5.79. The van der Waals surface area contributed by atoms with Gasteiger partial charge in [-0.05, 0) is 56.8 Å². The van der Waals surface area contributed by atoms with Crippen LogP contribution in [0.3, 0.4) is 0 Å². The summed E-state index contributed by atoms with van der Waals surface area (Å²) in [6.45, 7) is 9.60. The van der Waals surface area contributed by atoms with Crippen LogP contribution in [0.25, 0.3) is 0 Å². The first kappa shape index (κ1) is 25.4. The maximum absolute atomic E-state index is 5.94. The molecule has 2 rings (SSSR count). The van der Waals surface area contributed by atoms with Crippen LogP contribution in [0.4, 0.5) is 0 Å². The van der Waals surface area contributed by atoms with Gasteiger partial charge in [0.15, 0.2) is 5.96 Å². The van der Waals surface area contributed by atoms with Gasteiger partial charge in [0, 0.05) is 53.6 Å². The standard InChI is InChI=1S/C24H42N4O3/c1-5-25-24(28(3)12-9-21-10-15-30-16-11-21)26-20-22-7-6-8-23(19-22)31-18-14-27(2)13-17-29-4/h6-8,19,21H,5,9-18,20H2,1-4H3,(H,25,26). The smallest absolute Gasteiger partial charge is 0.193 e. The fourth-order valence-corrected chi connectivity index (χ4v) is 3.56. The molecule has 0 atom stereocenters. The summed E-state index contributed by atoms with van der Waals surface area (Å²) in [7, 11) is 5.93. The molecular formula is C24H42N4O3. The van der Waals surface area contributed by atoms with E-state index in [1.54, 1.807) is 7.11 Å². The quantitative estimate of drug-likeness (QED) is 0.381. The Morgan fingerprint density at radius 3 is 2.68 bits per heavy atom. The number of hydrogen-bond donors (Lipinski definition) is 1. The van der Waals surface area contributed by atoms with Gasteiger partial charge in [-0.1, -0.05) is 12.1 Å². The highest BCUT2D eigenvalue weighted by Crippen LogP contribution is 2.18. The van der Waals surface area contributed by atoms with Crippen molar-refractivity contribution in [2.45, 2.75) is 32.7 Å². The summed E-state index contributed by atoms with van der Waals surface area (Å²) in [5.74, 6) is 2.62. The molecule has 0 radical (unpaired) electrons. The van der Waals surface area contributed by atoms with Crippen molar-refractivity contribution in [2.75, 3.05) is 73.8 Å². The molecule has 7 heteroatoms. The Morgan fingerprint density at radius 1 is 1.16 bits per heavy atom. The van der Waals surface area contributed by atoms with Crippen molar-refractivity contribution >= 4 is 5.96 Å². The van der Waals surface area contributed by atoms with Crippen LogP contribution in [0.15, 0.2) is 29.3 Å². The van der Waals surface area contributed by atoms with Gasteiger partial charge < -0.3 is 29.3 Å². The number of benzene rings is 1. The molecular weight excluding hydrogens is 392 g/mol. The van der Waals surface area contributed by atoms with Crippen molar-refractivity contribution in [1.29, 1.82) is 0 Å². The first-order valence-electron chi connectivity index (χ1n) is 11.6. The van der Waals surface area contributed by atoms with Crippen molar-refractivity contribution in [3.8, 4) is 5.75 Å². The lowest BCUT2D eigenvalue weighted by Crippen LogP contribution is -2.40. The van der Waals surface area contributed by atoms with Gasteiger partial charge in [-0.15, -0.1) is 0 Å². The molecule has 176 valence electrons. The maximum atomic E-state index is 5.94. The van der Waals surface area contributed by atoms with Crippen LogP contribution in [0.5, 0.6) is 5.75 Å². The topological polar surface area (TPSA) is 58.6 Å². The van der Waals surface area contributed by atoms with Crippen LogP contribution in [-0.4, -0.2) is 89.6 Å². The second kappa shape index (κ2) is 15.1. The molecule has 0 aliphatic carbocycles. The van der Waals surface area contributed by atoms with E-state index in [2.05, 4.69) is 48.3 Å². The molecule has 1 aromatic carbocycles. The summed E-state index contributed by atoms with van der Waals surface area (Å²) in [4.78, 5) is 9.31. The molecule has 1 aromatic rings. The van der Waals surface area contributed by atoms with Crippen molar-refractivity contribution in [3.05, 3.63) is 29.8 Å². The Bertz CT molecular complexity index is 635. The third-order valence-electron chi connectivity index (χ3n) is 5.64. The number of ether oxygens (including phenoxy) is 3. The highest BCUT2D eigenvalue weighted by Gasteiger charge is 2.15. The lowest BCUT2D eigenvalue weighted by molar-refractivity contribution is 0.0625. The number of guanidine groups is 1. The summed E-state index contributed by atoms with van der Waals surface area (Å²) >= 11 is 0. The first-order valence-corrected chi connectivity index (χ1v) is 11.6. The molecule has 1 heterocycles. The Kier molecular flexibility index (Phi) is 12.3. The summed E-state index contributed by atoms with van der Waals surface area (Å²) in [6, 6.07) is 8.24. The van der Waals surface area contributed by atoms with Gasteiger partial charge in [0.05, 0.1) is 13.2 Å². The number of hydrogen-bond acceptors (Lipinski definition) is 5. The van der Waals surface area contributed by atoms with Crippen LogP contribution in [0.1, 0.15) is 31.7 Å². The summed E-state index contributed by atoms with van der Waals surface area (Å²) in [6.07, 6.45) is 3.54. The molecule has 0 amide bonds. The number of rotatable bonds is 13. The summed E-state index contributed by atoms with van der Waals surface area (Å²) in [5.41, 5.74) is 1.15. The fourth-order valence-electron chi connectivity index (χ4n) is 3.56. The minimum atomic E-state index is 0.634. The van der Waals surface area contributed by atoms with E-state index in [1.165, 1.54) is 19.3 Å². The van der Waals surface area contributed by atoms with E-state index in [4.69, 9.17) is 19.2 Å². The minimum absolute atomic E-state index is 0.634. The van der Waals surface area contributed by atoms with Crippen LogP contribution in [-0.2, 0) is 16.0 Å². The third kappa shape index (κ3) is 10.4. The van der Waals surface area contributed by atoms with Gasteiger partial charge in [-0.3, -0.25) is 0 Å². The molecule has 1 saturated heterocycles. The Morgan fingerprint density at radius 2 is 1.94 bits per heavy atom. The molecule has 1 fully saturated rings. The van der Waals surface area contributed by atoms with E-state index in [9.17, 15) is 0 Å². The van der Waals surface area contributed by atoms with Crippen molar-refractivity contribution in [3.63, 3.8) is 0 Å². The highest BCUT2D eigenvalue weighted by atomic mass is 16.5. The van der Waals surface area contributed by atoms with Crippen molar-refractivity contribution in [2.24, 2.45) is 10.9 Å². The number of methoxy groups -OCH3 is 1. The molecule has 0 unspecified atom stereocenters. The molecule has 1 aliphatic rings. The van der Waals surface area contributed by atoms with Crippen LogP contribution >= 0.6 is 0 Å². The number of likely N-dealkylation sites (N-methyl/N-ethyl adjacent to an activating group) is 1. The van der Waals surface area contributed by atoms with Gasteiger partial charge in [-0.2, -0.15) is 0 Å². The normalized spacial score (nSPS) is 15.3. The van der Waals surface area contributed by atoms with Gasteiger partial charge in [-0.25, -0.2) is 4.99 Å². The van der Waals surface area contributed by atoms with Crippen LogP contribution < -0.4 is 10.1 Å².